The Kier molecular flexibility index (Phi) is 5.04. The SMILES string of the molecule is CC(C)(C)C(=O)OCOC(=O)C1N2C(=O)C(NC3=NCCN3)[C@@H]2SC1(C)C. The normalized spacial score (nSPS) is 28.6. The van der Waals surface area contributed by atoms with Gasteiger partial charge in [0.2, 0.25) is 12.7 Å². The fourth-order valence-electron chi connectivity index (χ4n) is 3.20. The van der Waals surface area contributed by atoms with Gasteiger partial charge in [-0.05, 0) is 34.6 Å². The summed E-state index contributed by atoms with van der Waals surface area (Å²) in [6.07, 6.45) is 0. The van der Waals surface area contributed by atoms with Crippen LogP contribution in [0.4, 0.5) is 0 Å². The van der Waals surface area contributed by atoms with Crippen LogP contribution in [0, 0.1) is 5.41 Å². The number of rotatable bonds is 4. The van der Waals surface area contributed by atoms with Gasteiger partial charge in [0.05, 0.1) is 12.0 Å². The topological polar surface area (TPSA) is 109 Å². The van der Waals surface area contributed by atoms with E-state index < -0.39 is 41.0 Å². The Bertz CT molecular complexity index is 687. The van der Waals surface area contributed by atoms with E-state index in [4.69, 9.17) is 9.47 Å². The molecule has 2 unspecified atom stereocenters. The third-order valence-corrected chi connectivity index (χ3v) is 6.21. The largest absolute Gasteiger partial charge is 0.427 e. The molecule has 10 heteroatoms. The van der Waals surface area contributed by atoms with Crippen molar-refractivity contribution in [2.75, 3.05) is 19.9 Å². The lowest BCUT2D eigenvalue weighted by molar-refractivity contribution is -0.180. The predicted molar refractivity (Wildman–Crippen MR) is 99.8 cm³/mol. The standard InChI is InChI=1S/C17H26N4O5S/c1-16(2,3)14(24)26-8-25-13(23)10-17(4,5)27-12-9(11(22)21(10)12)20-15-18-6-7-19-15/h9-10,12H,6-8H2,1-5H3,(H2,18,19,20)/t9?,10?,12-/m0/s1. The molecule has 0 aromatic rings. The van der Waals surface area contributed by atoms with E-state index in [0.717, 1.165) is 6.54 Å². The molecule has 0 saturated carbocycles. The molecule has 0 bridgehead atoms. The van der Waals surface area contributed by atoms with E-state index in [-0.39, 0.29) is 11.3 Å². The number of guanidine groups is 1. The molecule has 3 aliphatic heterocycles. The Morgan fingerprint density at radius 2 is 2.07 bits per heavy atom. The number of carbonyl (C=O) groups excluding carboxylic acids is 3. The van der Waals surface area contributed by atoms with E-state index in [1.54, 1.807) is 37.4 Å². The van der Waals surface area contributed by atoms with Gasteiger partial charge in [0.1, 0.15) is 17.5 Å². The Balaban J connectivity index is 1.60. The van der Waals surface area contributed by atoms with Gasteiger partial charge in [0.15, 0.2) is 5.96 Å². The minimum absolute atomic E-state index is 0.164. The van der Waals surface area contributed by atoms with Gasteiger partial charge < -0.3 is 25.0 Å². The highest BCUT2D eigenvalue weighted by molar-refractivity contribution is 8.01. The molecule has 1 amide bonds. The van der Waals surface area contributed by atoms with E-state index in [9.17, 15) is 14.4 Å². The number of nitrogens with zero attached hydrogens (tertiary/aromatic N) is 2. The number of amides is 1. The van der Waals surface area contributed by atoms with Crippen LogP contribution < -0.4 is 10.6 Å². The zero-order chi connectivity index (χ0) is 20.0. The number of hydrogen-bond acceptors (Lipinski definition) is 9. The molecule has 150 valence electrons. The predicted octanol–water partition coefficient (Wildman–Crippen LogP) is 0.0561. The Morgan fingerprint density at radius 1 is 1.37 bits per heavy atom. The van der Waals surface area contributed by atoms with E-state index in [2.05, 4.69) is 15.6 Å². The van der Waals surface area contributed by atoms with Crippen molar-refractivity contribution in [1.82, 2.24) is 15.5 Å². The molecule has 27 heavy (non-hydrogen) atoms. The second-order valence-corrected chi connectivity index (χ2v) is 10.1. The van der Waals surface area contributed by atoms with Gasteiger partial charge >= 0.3 is 11.9 Å². The molecule has 0 radical (unpaired) electrons. The highest BCUT2D eigenvalue weighted by atomic mass is 32.2. The number of thioether (sulfide) groups is 1. The summed E-state index contributed by atoms with van der Waals surface area (Å²) in [5.74, 6) is -0.572. The molecule has 9 nitrogen and oxygen atoms in total. The van der Waals surface area contributed by atoms with Crippen molar-refractivity contribution in [2.24, 2.45) is 10.4 Å². The molecule has 2 fully saturated rings. The van der Waals surface area contributed by atoms with Gasteiger partial charge in [-0.1, -0.05) is 0 Å². The van der Waals surface area contributed by atoms with Crippen LogP contribution in [-0.2, 0) is 23.9 Å². The first-order valence-corrected chi connectivity index (χ1v) is 9.79. The van der Waals surface area contributed by atoms with Crippen LogP contribution in [-0.4, -0.2) is 70.8 Å². The average Bonchev–Trinajstić information content (AvgIpc) is 3.15. The summed E-state index contributed by atoms with van der Waals surface area (Å²) in [5, 5.41) is 6.02. The number of aliphatic imine (C=N–C) groups is 1. The maximum atomic E-state index is 12.6. The van der Waals surface area contributed by atoms with Crippen molar-refractivity contribution in [2.45, 2.75) is 56.8 Å². The summed E-state index contributed by atoms with van der Waals surface area (Å²) in [6, 6.07) is -1.15. The molecule has 3 rings (SSSR count). The van der Waals surface area contributed by atoms with Gasteiger partial charge in [-0.25, -0.2) is 4.79 Å². The summed E-state index contributed by atoms with van der Waals surface area (Å²) < 4.78 is 9.62. The smallest absolute Gasteiger partial charge is 0.333 e. The van der Waals surface area contributed by atoms with Crippen molar-refractivity contribution in [3.8, 4) is 0 Å². The van der Waals surface area contributed by atoms with Crippen molar-refractivity contribution in [3.63, 3.8) is 0 Å². The molecule has 0 aromatic carbocycles. The van der Waals surface area contributed by atoms with Gasteiger partial charge in [0.25, 0.3) is 0 Å². The van der Waals surface area contributed by atoms with Crippen molar-refractivity contribution >= 4 is 35.6 Å². The third-order valence-electron chi connectivity index (χ3n) is 4.63. The van der Waals surface area contributed by atoms with Crippen molar-refractivity contribution < 1.29 is 23.9 Å². The quantitative estimate of drug-likeness (QED) is 0.389. The fraction of sp³-hybridized carbons (Fsp3) is 0.765. The molecular weight excluding hydrogens is 372 g/mol. The molecule has 3 atom stereocenters. The van der Waals surface area contributed by atoms with E-state index >= 15 is 0 Å². The molecule has 3 aliphatic rings. The third kappa shape index (κ3) is 3.71. The number of ether oxygens (including phenoxy) is 2. The number of carbonyl (C=O) groups is 3. The van der Waals surface area contributed by atoms with Crippen LogP contribution in [0.1, 0.15) is 34.6 Å². The van der Waals surface area contributed by atoms with Crippen LogP contribution in [0.2, 0.25) is 0 Å². The van der Waals surface area contributed by atoms with Gasteiger partial charge in [-0.15, -0.1) is 11.8 Å². The second-order valence-electron chi connectivity index (χ2n) is 8.30. The van der Waals surface area contributed by atoms with Gasteiger partial charge in [-0.3, -0.25) is 14.6 Å². The highest BCUT2D eigenvalue weighted by Crippen LogP contribution is 2.51. The first kappa shape index (κ1) is 19.8. The number of β-lactam (4-membered cyclic amide) rings is 1. The van der Waals surface area contributed by atoms with Crippen LogP contribution in [0.25, 0.3) is 0 Å². The number of fused-ring (bicyclic) bond motifs is 1. The summed E-state index contributed by atoms with van der Waals surface area (Å²) in [5.41, 5.74) is -0.677. The molecule has 0 spiro atoms. The summed E-state index contributed by atoms with van der Waals surface area (Å²) in [4.78, 5) is 42.8. The fourth-order valence-corrected chi connectivity index (χ4v) is 4.83. The van der Waals surface area contributed by atoms with Crippen molar-refractivity contribution in [1.29, 1.82) is 0 Å². The molecule has 2 N–H and O–H groups in total. The van der Waals surface area contributed by atoms with Crippen LogP contribution in [0.5, 0.6) is 0 Å². The van der Waals surface area contributed by atoms with Crippen LogP contribution >= 0.6 is 11.8 Å². The monoisotopic (exact) mass is 398 g/mol. The second kappa shape index (κ2) is 6.88. The number of hydrogen-bond donors (Lipinski definition) is 2. The minimum atomic E-state index is -0.732. The van der Waals surface area contributed by atoms with Crippen LogP contribution in [0.15, 0.2) is 4.99 Å². The summed E-state index contributed by atoms with van der Waals surface area (Å²) in [6.45, 7) is 9.92. The number of esters is 2. The first-order valence-electron chi connectivity index (χ1n) is 8.91. The van der Waals surface area contributed by atoms with E-state index in [1.165, 1.54) is 0 Å². The molecule has 0 aromatic heterocycles. The Morgan fingerprint density at radius 3 is 2.67 bits per heavy atom. The molecular formula is C17H26N4O5S. The van der Waals surface area contributed by atoms with Gasteiger partial charge in [-0.2, -0.15) is 0 Å². The van der Waals surface area contributed by atoms with Gasteiger partial charge in [0, 0.05) is 11.3 Å². The maximum absolute atomic E-state index is 12.6. The summed E-state index contributed by atoms with van der Waals surface area (Å²) >= 11 is 1.54. The lowest BCUT2D eigenvalue weighted by Gasteiger charge is -2.44. The average molecular weight is 398 g/mol. The van der Waals surface area contributed by atoms with Crippen LogP contribution in [0.3, 0.4) is 0 Å². The summed E-state index contributed by atoms with van der Waals surface area (Å²) in [7, 11) is 0. The molecule has 0 aliphatic carbocycles. The van der Waals surface area contributed by atoms with E-state index in [0.29, 0.717) is 12.5 Å². The zero-order valence-electron chi connectivity index (χ0n) is 16.2. The Labute approximate surface area is 162 Å². The highest BCUT2D eigenvalue weighted by Gasteiger charge is 2.64. The maximum Gasteiger partial charge on any atom is 0.333 e. The van der Waals surface area contributed by atoms with Crippen molar-refractivity contribution in [3.05, 3.63) is 0 Å². The minimum Gasteiger partial charge on any atom is -0.427 e. The Hall–Kier alpha value is -1.97. The van der Waals surface area contributed by atoms with E-state index in [1.807, 2.05) is 13.8 Å². The lowest BCUT2D eigenvalue weighted by atomic mass is 9.96. The first-order chi connectivity index (χ1) is 12.5. The molecule has 3 heterocycles. The molecule has 2 saturated heterocycles. The number of nitrogens with one attached hydrogen (secondary N) is 2. The lowest BCUT2D eigenvalue weighted by Crippen LogP contribution is -2.71. The zero-order valence-corrected chi connectivity index (χ0v) is 17.0.